The number of piperazine rings is 1. The quantitative estimate of drug-likeness (QED) is 0.743. The van der Waals surface area contributed by atoms with Gasteiger partial charge in [0.05, 0.1) is 6.04 Å². The van der Waals surface area contributed by atoms with Crippen LogP contribution < -0.4 is 5.32 Å². The second-order valence-electron chi connectivity index (χ2n) is 6.22. The van der Waals surface area contributed by atoms with E-state index in [0.717, 1.165) is 30.7 Å². The fourth-order valence-corrected chi connectivity index (χ4v) is 3.74. The fourth-order valence-electron chi connectivity index (χ4n) is 3.47. The number of benzene rings is 2. The summed E-state index contributed by atoms with van der Waals surface area (Å²) in [6.45, 7) is 4.22. The van der Waals surface area contributed by atoms with E-state index in [1.54, 1.807) is 0 Å². The summed E-state index contributed by atoms with van der Waals surface area (Å²) in [4.78, 5) is 6.79. The predicted octanol–water partition coefficient (Wildman–Crippen LogP) is 3.99. The van der Waals surface area contributed by atoms with Crippen molar-refractivity contribution < 1.29 is 0 Å². The molecule has 1 unspecified atom stereocenters. The third-order valence-electron chi connectivity index (χ3n) is 4.68. The number of aromatic nitrogens is 1. The molecule has 1 aliphatic heterocycles. The molecule has 1 aliphatic rings. The molecule has 1 N–H and O–H groups in total. The van der Waals surface area contributed by atoms with Crippen LogP contribution in [0.4, 0.5) is 0 Å². The van der Waals surface area contributed by atoms with Gasteiger partial charge in [-0.15, -0.1) is 0 Å². The maximum Gasteiger partial charge on any atom is 0.0602 e. The van der Waals surface area contributed by atoms with Crippen LogP contribution in [0.5, 0.6) is 0 Å². The lowest BCUT2D eigenvalue weighted by atomic mass is 9.95. The van der Waals surface area contributed by atoms with Gasteiger partial charge in [0.1, 0.15) is 0 Å². The van der Waals surface area contributed by atoms with Crippen molar-refractivity contribution in [1.82, 2.24) is 15.2 Å². The van der Waals surface area contributed by atoms with Crippen LogP contribution in [0.15, 0.2) is 65.4 Å². The number of halogens is 1. The summed E-state index contributed by atoms with van der Waals surface area (Å²) in [5, 5.41) is 5.89. The lowest BCUT2D eigenvalue weighted by molar-refractivity contribution is 0.198. The third-order valence-corrected chi connectivity index (χ3v) is 5.21. The minimum Gasteiger partial charge on any atom is -0.314 e. The normalized spacial score (nSPS) is 17.0. The van der Waals surface area contributed by atoms with Crippen molar-refractivity contribution in [2.24, 2.45) is 0 Å². The molecule has 0 radical (unpaired) electrons. The highest BCUT2D eigenvalue weighted by Crippen LogP contribution is 2.31. The Kier molecular flexibility index (Phi) is 4.60. The Bertz CT molecular complexity index is 826. The molecule has 0 amide bonds. The van der Waals surface area contributed by atoms with E-state index < -0.39 is 0 Å². The third kappa shape index (κ3) is 3.22. The Morgan fingerprint density at radius 3 is 2.46 bits per heavy atom. The average molecular weight is 382 g/mol. The molecule has 0 aliphatic carbocycles. The molecule has 4 heteroatoms. The number of fused-ring (bicyclic) bond motifs is 1. The first-order chi connectivity index (χ1) is 11.8. The van der Waals surface area contributed by atoms with Crippen LogP contribution in [0.3, 0.4) is 0 Å². The maximum atomic E-state index is 4.22. The zero-order valence-corrected chi connectivity index (χ0v) is 15.0. The Morgan fingerprint density at radius 1 is 0.917 bits per heavy atom. The molecule has 2 aromatic carbocycles. The van der Waals surface area contributed by atoms with Crippen molar-refractivity contribution in [2.75, 3.05) is 26.2 Å². The minimum atomic E-state index is 0.290. The number of hydrogen-bond donors (Lipinski definition) is 1. The highest BCUT2D eigenvalue weighted by atomic mass is 79.9. The van der Waals surface area contributed by atoms with Gasteiger partial charge in [-0.05, 0) is 40.8 Å². The van der Waals surface area contributed by atoms with Crippen LogP contribution in [0.1, 0.15) is 17.2 Å². The van der Waals surface area contributed by atoms with E-state index in [1.807, 2.05) is 12.4 Å². The predicted molar refractivity (Wildman–Crippen MR) is 102 cm³/mol. The number of nitrogens with zero attached hydrogens (tertiary/aromatic N) is 2. The molecule has 1 saturated heterocycles. The lowest BCUT2D eigenvalue weighted by Crippen LogP contribution is -2.45. The largest absolute Gasteiger partial charge is 0.314 e. The van der Waals surface area contributed by atoms with Crippen molar-refractivity contribution >= 4 is 26.7 Å². The summed E-state index contributed by atoms with van der Waals surface area (Å²) >= 11 is 3.55. The zero-order valence-electron chi connectivity index (χ0n) is 13.5. The molecule has 0 spiro atoms. The SMILES string of the molecule is Brc1ccc(C(c2ccc3cnccc3c2)N2CCNCC2)cc1. The molecule has 2 heterocycles. The van der Waals surface area contributed by atoms with Gasteiger partial charge in [0.25, 0.3) is 0 Å². The smallest absolute Gasteiger partial charge is 0.0602 e. The molecule has 122 valence electrons. The van der Waals surface area contributed by atoms with Crippen LogP contribution in [0.25, 0.3) is 10.8 Å². The number of pyridine rings is 1. The van der Waals surface area contributed by atoms with E-state index in [1.165, 1.54) is 21.9 Å². The summed E-state index contributed by atoms with van der Waals surface area (Å²) < 4.78 is 1.12. The van der Waals surface area contributed by atoms with E-state index in [4.69, 9.17) is 0 Å². The van der Waals surface area contributed by atoms with Gasteiger partial charge >= 0.3 is 0 Å². The van der Waals surface area contributed by atoms with E-state index in [9.17, 15) is 0 Å². The molecule has 3 nitrogen and oxygen atoms in total. The summed E-state index contributed by atoms with van der Waals surface area (Å²) in [5.74, 6) is 0. The van der Waals surface area contributed by atoms with E-state index in [2.05, 4.69) is 79.7 Å². The number of nitrogens with one attached hydrogen (secondary N) is 1. The van der Waals surface area contributed by atoms with Crippen molar-refractivity contribution in [2.45, 2.75) is 6.04 Å². The number of hydrogen-bond acceptors (Lipinski definition) is 3. The Hall–Kier alpha value is -1.75. The van der Waals surface area contributed by atoms with Crippen LogP contribution in [-0.2, 0) is 0 Å². The first-order valence-corrected chi connectivity index (χ1v) is 9.14. The minimum absolute atomic E-state index is 0.290. The summed E-state index contributed by atoms with van der Waals surface area (Å²) in [6, 6.07) is 17.9. The second-order valence-corrected chi connectivity index (χ2v) is 7.14. The molecule has 4 rings (SSSR count). The molecule has 3 aromatic rings. The van der Waals surface area contributed by atoms with Crippen molar-refractivity contribution in [3.63, 3.8) is 0 Å². The highest BCUT2D eigenvalue weighted by Gasteiger charge is 2.24. The summed E-state index contributed by atoms with van der Waals surface area (Å²) in [6.07, 6.45) is 3.80. The van der Waals surface area contributed by atoms with Gasteiger partial charge < -0.3 is 5.32 Å². The molecule has 0 bridgehead atoms. The van der Waals surface area contributed by atoms with Crippen LogP contribution in [-0.4, -0.2) is 36.1 Å². The van der Waals surface area contributed by atoms with Crippen molar-refractivity contribution in [3.8, 4) is 0 Å². The average Bonchev–Trinajstić information content (AvgIpc) is 2.64. The Morgan fingerprint density at radius 2 is 1.67 bits per heavy atom. The molecule has 1 aromatic heterocycles. The van der Waals surface area contributed by atoms with Gasteiger partial charge in [-0.2, -0.15) is 0 Å². The monoisotopic (exact) mass is 381 g/mol. The molecule has 1 fully saturated rings. The lowest BCUT2D eigenvalue weighted by Gasteiger charge is -2.35. The molecule has 0 saturated carbocycles. The van der Waals surface area contributed by atoms with E-state index in [0.29, 0.717) is 0 Å². The molecular weight excluding hydrogens is 362 g/mol. The summed E-state index contributed by atoms with van der Waals surface area (Å²) in [7, 11) is 0. The van der Waals surface area contributed by atoms with Gasteiger partial charge in [0.2, 0.25) is 0 Å². The van der Waals surface area contributed by atoms with E-state index >= 15 is 0 Å². The molecule has 24 heavy (non-hydrogen) atoms. The topological polar surface area (TPSA) is 28.2 Å². The first-order valence-electron chi connectivity index (χ1n) is 8.35. The van der Waals surface area contributed by atoms with E-state index in [-0.39, 0.29) is 6.04 Å². The zero-order chi connectivity index (χ0) is 16.4. The van der Waals surface area contributed by atoms with Gasteiger partial charge in [-0.25, -0.2) is 0 Å². The summed E-state index contributed by atoms with van der Waals surface area (Å²) in [5.41, 5.74) is 2.69. The number of rotatable bonds is 3. The second kappa shape index (κ2) is 7.01. The Labute approximate surface area is 150 Å². The standard InChI is InChI=1S/C20H20BrN3/c21-19-5-3-15(4-6-19)20(24-11-9-22-10-12-24)17-1-2-18-14-23-8-7-16(18)13-17/h1-8,13-14,20,22H,9-12H2. The maximum absolute atomic E-state index is 4.22. The molecular formula is C20H20BrN3. The highest BCUT2D eigenvalue weighted by molar-refractivity contribution is 9.10. The first kappa shape index (κ1) is 15.8. The van der Waals surface area contributed by atoms with Gasteiger partial charge in [0.15, 0.2) is 0 Å². The molecule has 1 atom stereocenters. The van der Waals surface area contributed by atoms with Gasteiger partial charge in [-0.1, -0.05) is 40.2 Å². The van der Waals surface area contributed by atoms with Crippen LogP contribution >= 0.6 is 15.9 Å². The van der Waals surface area contributed by atoms with Gasteiger partial charge in [-0.3, -0.25) is 9.88 Å². The van der Waals surface area contributed by atoms with Crippen LogP contribution in [0.2, 0.25) is 0 Å². The van der Waals surface area contributed by atoms with Crippen molar-refractivity contribution in [1.29, 1.82) is 0 Å². The Balaban J connectivity index is 1.79. The van der Waals surface area contributed by atoms with Gasteiger partial charge in [0, 0.05) is 48.4 Å². The van der Waals surface area contributed by atoms with Crippen LogP contribution in [0, 0.1) is 0 Å². The fraction of sp³-hybridized carbons (Fsp3) is 0.250. The van der Waals surface area contributed by atoms with Crippen molar-refractivity contribution in [3.05, 3.63) is 76.5 Å².